The minimum absolute atomic E-state index is 0.00789. The zero-order valence-corrected chi connectivity index (χ0v) is 16.1. The molecule has 2 aromatic rings. The van der Waals surface area contributed by atoms with Crippen LogP contribution in [0.5, 0.6) is 17.2 Å². The van der Waals surface area contributed by atoms with Crippen LogP contribution in [0.15, 0.2) is 24.4 Å². The van der Waals surface area contributed by atoms with Gasteiger partial charge in [0.05, 0.1) is 40.0 Å². The molecular weight excluding hydrogens is 348 g/mol. The topological polar surface area (TPSA) is 86.6 Å². The number of aromatic nitrogens is 2. The summed E-state index contributed by atoms with van der Waals surface area (Å²) in [6, 6.07) is 5.51. The standard InChI is InChI=1S/C19H26N4O4/c1-12-9-20-10-14(12)19(24)22-16-7-8-21-23(16)11-13-5-6-15(25-2)18(27-4)17(13)26-3/h5-8,12,14,20H,9-11H2,1-4H3,(H,22,24)/t12-,14-/m1/s1. The first-order valence-corrected chi connectivity index (χ1v) is 8.90. The Labute approximate surface area is 158 Å². The summed E-state index contributed by atoms with van der Waals surface area (Å²) in [6.07, 6.45) is 1.67. The molecule has 1 saturated heterocycles. The number of rotatable bonds is 7. The van der Waals surface area contributed by atoms with Gasteiger partial charge in [0.2, 0.25) is 11.7 Å². The van der Waals surface area contributed by atoms with E-state index in [-0.39, 0.29) is 11.8 Å². The molecule has 2 N–H and O–H groups in total. The molecule has 8 heteroatoms. The Kier molecular flexibility index (Phi) is 5.85. The van der Waals surface area contributed by atoms with Crippen molar-refractivity contribution in [3.05, 3.63) is 30.0 Å². The van der Waals surface area contributed by atoms with Crippen LogP contribution in [0.1, 0.15) is 12.5 Å². The Morgan fingerprint density at radius 2 is 1.96 bits per heavy atom. The summed E-state index contributed by atoms with van der Waals surface area (Å²) in [4.78, 5) is 12.6. The molecule has 0 aliphatic carbocycles. The predicted molar refractivity (Wildman–Crippen MR) is 102 cm³/mol. The second kappa shape index (κ2) is 8.30. The van der Waals surface area contributed by atoms with Crippen molar-refractivity contribution in [1.82, 2.24) is 15.1 Å². The molecule has 0 saturated carbocycles. The molecule has 146 valence electrons. The lowest BCUT2D eigenvalue weighted by Crippen LogP contribution is -2.29. The Balaban J connectivity index is 1.82. The molecule has 1 aromatic carbocycles. The molecular formula is C19H26N4O4. The molecule has 0 radical (unpaired) electrons. The average molecular weight is 374 g/mol. The van der Waals surface area contributed by atoms with E-state index in [0.717, 1.165) is 12.1 Å². The van der Waals surface area contributed by atoms with Crippen molar-refractivity contribution >= 4 is 11.7 Å². The van der Waals surface area contributed by atoms with E-state index in [1.165, 1.54) is 0 Å². The lowest BCUT2D eigenvalue weighted by Gasteiger charge is -2.17. The number of carbonyl (C=O) groups is 1. The smallest absolute Gasteiger partial charge is 0.230 e. The normalized spacial score (nSPS) is 19.0. The van der Waals surface area contributed by atoms with Crippen LogP contribution < -0.4 is 24.8 Å². The van der Waals surface area contributed by atoms with Crippen LogP contribution in [0.2, 0.25) is 0 Å². The van der Waals surface area contributed by atoms with Crippen LogP contribution in [-0.2, 0) is 11.3 Å². The van der Waals surface area contributed by atoms with E-state index in [2.05, 4.69) is 22.7 Å². The third kappa shape index (κ3) is 3.85. The van der Waals surface area contributed by atoms with Gasteiger partial charge in [0, 0.05) is 18.2 Å². The first kappa shape index (κ1) is 19.0. The fraction of sp³-hybridized carbons (Fsp3) is 0.474. The summed E-state index contributed by atoms with van der Waals surface area (Å²) >= 11 is 0. The average Bonchev–Trinajstić information content (AvgIpc) is 3.29. The number of anilines is 1. The summed E-state index contributed by atoms with van der Waals surface area (Å²) in [6.45, 7) is 4.06. The van der Waals surface area contributed by atoms with E-state index in [0.29, 0.717) is 42.1 Å². The highest BCUT2D eigenvalue weighted by molar-refractivity contribution is 5.92. The van der Waals surface area contributed by atoms with Crippen LogP contribution in [0, 0.1) is 11.8 Å². The Hall–Kier alpha value is -2.74. The van der Waals surface area contributed by atoms with Gasteiger partial charge in [-0.25, -0.2) is 4.68 Å². The van der Waals surface area contributed by atoms with E-state index in [1.807, 2.05) is 12.1 Å². The summed E-state index contributed by atoms with van der Waals surface area (Å²) in [7, 11) is 4.73. The van der Waals surface area contributed by atoms with Crippen LogP contribution in [0.25, 0.3) is 0 Å². The highest BCUT2D eigenvalue weighted by Crippen LogP contribution is 2.40. The molecule has 1 fully saturated rings. The SMILES string of the molecule is COc1ccc(Cn2nccc2NC(=O)[C@@H]2CNC[C@H]2C)c(OC)c1OC. The summed E-state index contributed by atoms with van der Waals surface area (Å²) in [5, 5.41) is 10.6. The molecule has 8 nitrogen and oxygen atoms in total. The number of carbonyl (C=O) groups excluding carboxylic acids is 1. The van der Waals surface area contributed by atoms with Gasteiger partial charge in [-0.1, -0.05) is 6.92 Å². The van der Waals surface area contributed by atoms with Gasteiger partial charge in [-0.2, -0.15) is 5.10 Å². The number of hydrogen-bond acceptors (Lipinski definition) is 6. The van der Waals surface area contributed by atoms with Crippen molar-refractivity contribution in [2.24, 2.45) is 11.8 Å². The van der Waals surface area contributed by atoms with Gasteiger partial charge in [-0.15, -0.1) is 0 Å². The third-order valence-corrected chi connectivity index (χ3v) is 4.93. The number of amides is 1. The first-order valence-electron chi connectivity index (χ1n) is 8.90. The predicted octanol–water partition coefficient (Wildman–Crippen LogP) is 1.75. The van der Waals surface area contributed by atoms with Crippen molar-refractivity contribution in [3.63, 3.8) is 0 Å². The molecule has 0 unspecified atom stereocenters. The molecule has 1 aromatic heterocycles. The number of nitrogens with one attached hydrogen (secondary N) is 2. The zero-order chi connectivity index (χ0) is 19.4. The molecule has 1 amide bonds. The lowest BCUT2D eigenvalue weighted by atomic mass is 9.97. The van der Waals surface area contributed by atoms with Crippen molar-refractivity contribution in [1.29, 1.82) is 0 Å². The molecule has 0 bridgehead atoms. The van der Waals surface area contributed by atoms with Crippen LogP contribution in [-0.4, -0.2) is 50.1 Å². The molecule has 2 heterocycles. The van der Waals surface area contributed by atoms with Crippen LogP contribution >= 0.6 is 0 Å². The van der Waals surface area contributed by atoms with Gasteiger partial charge in [0.25, 0.3) is 0 Å². The molecule has 1 aliphatic rings. The minimum atomic E-state index is -0.0380. The largest absolute Gasteiger partial charge is 0.493 e. The van der Waals surface area contributed by atoms with Gasteiger partial charge < -0.3 is 24.8 Å². The second-order valence-corrected chi connectivity index (χ2v) is 6.60. The fourth-order valence-corrected chi connectivity index (χ4v) is 3.39. The molecule has 3 rings (SSSR count). The Morgan fingerprint density at radius 3 is 2.59 bits per heavy atom. The van der Waals surface area contributed by atoms with Crippen LogP contribution in [0.3, 0.4) is 0 Å². The lowest BCUT2D eigenvalue weighted by molar-refractivity contribution is -0.120. The van der Waals surface area contributed by atoms with Crippen LogP contribution in [0.4, 0.5) is 5.82 Å². The molecule has 1 aliphatic heterocycles. The van der Waals surface area contributed by atoms with Crippen molar-refractivity contribution in [3.8, 4) is 17.2 Å². The van der Waals surface area contributed by atoms with E-state index >= 15 is 0 Å². The second-order valence-electron chi connectivity index (χ2n) is 6.60. The molecule has 0 spiro atoms. The summed E-state index contributed by atoms with van der Waals surface area (Å²) in [5.74, 6) is 2.63. The Morgan fingerprint density at radius 1 is 1.19 bits per heavy atom. The van der Waals surface area contributed by atoms with E-state index in [4.69, 9.17) is 14.2 Å². The van der Waals surface area contributed by atoms with Crippen molar-refractivity contribution < 1.29 is 19.0 Å². The van der Waals surface area contributed by atoms with E-state index < -0.39 is 0 Å². The third-order valence-electron chi connectivity index (χ3n) is 4.93. The molecule has 27 heavy (non-hydrogen) atoms. The van der Waals surface area contributed by atoms with E-state index in [9.17, 15) is 4.79 Å². The number of nitrogens with zero attached hydrogens (tertiary/aromatic N) is 2. The van der Waals surface area contributed by atoms with Gasteiger partial charge in [0.15, 0.2) is 11.5 Å². The number of ether oxygens (including phenoxy) is 3. The number of benzene rings is 1. The first-order chi connectivity index (χ1) is 13.1. The van der Waals surface area contributed by atoms with Gasteiger partial charge >= 0.3 is 0 Å². The maximum Gasteiger partial charge on any atom is 0.230 e. The van der Waals surface area contributed by atoms with E-state index in [1.54, 1.807) is 38.3 Å². The quantitative estimate of drug-likeness (QED) is 0.768. The monoisotopic (exact) mass is 374 g/mol. The summed E-state index contributed by atoms with van der Waals surface area (Å²) in [5.41, 5.74) is 0.866. The van der Waals surface area contributed by atoms with Gasteiger partial charge in [-0.05, 0) is 24.6 Å². The Bertz CT molecular complexity index is 805. The fourth-order valence-electron chi connectivity index (χ4n) is 3.39. The highest BCUT2D eigenvalue weighted by atomic mass is 16.5. The van der Waals surface area contributed by atoms with Crippen molar-refractivity contribution in [2.75, 3.05) is 39.7 Å². The maximum atomic E-state index is 12.6. The van der Waals surface area contributed by atoms with Crippen molar-refractivity contribution in [2.45, 2.75) is 13.5 Å². The zero-order valence-electron chi connectivity index (χ0n) is 16.1. The number of hydrogen-bond donors (Lipinski definition) is 2. The molecule has 2 atom stereocenters. The minimum Gasteiger partial charge on any atom is -0.493 e. The maximum absolute atomic E-state index is 12.6. The highest BCUT2D eigenvalue weighted by Gasteiger charge is 2.30. The van der Waals surface area contributed by atoms with Gasteiger partial charge in [0.1, 0.15) is 5.82 Å². The number of methoxy groups -OCH3 is 3. The summed E-state index contributed by atoms with van der Waals surface area (Å²) < 4.78 is 18.0. The van der Waals surface area contributed by atoms with Gasteiger partial charge in [-0.3, -0.25) is 4.79 Å².